The third kappa shape index (κ3) is 2.94. The Morgan fingerprint density at radius 2 is 2.04 bits per heavy atom. The Bertz CT molecular complexity index is 776. The number of ketones is 1. The van der Waals surface area contributed by atoms with Gasteiger partial charge >= 0.3 is 5.69 Å². The van der Waals surface area contributed by atoms with Crippen LogP contribution in [-0.2, 0) is 16.0 Å². The normalized spacial score (nSPS) is 31.8. The maximum absolute atomic E-state index is 12.4. The summed E-state index contributed by atoms with van der Waals surface area (Å²) >= 11 is 0. The molecule has 0 amide bonds. The average molecular weight is 373 g/mol. The molecular weight excluding hydrogens is 346 g/mol. The summed E-state index contributed by atoms with van der Waals surface area (Å²) in [7, 11) is 1.58. The van der Waals surface area contributed by atoms with Gasteiger partial charge in [0.2, 0.25) is 0 Å². The molecule has 3 aliphatic carbocycles. The number of fused-ring (bicyclic) bond motifs is 5. The van der Waals surface area contributed by atoms with Gasteiger partial charge in [0.05, 0.1) is 11.5 Å². The van der Waals surface area contributed by atoms with Gasteiger partial charge in [-0.1, -0.05) is 6.92 Å². The summed E-state index contributed by atoms with van der Waals surface area (Å²) in [5.41, 5.74) is 2.15. The van der Waals surface area contributed by atoms with Crippen LogP contribution in [0.15, 0.2) is 12.1 Å². The van der Waals surface area contributed by atoms with Crippen molar-refractivity contribution in [3.63, 3.8) is 0 Å². The fourth-order valence-electron chi connectivity index (χ4n) is 5.85. The number of aryl methyl sites for hydroxylation is 1. The number of hydrogen-bond donors (Lipinski definition) is 0. The first-order valence-electron chi connectivity index (χ1n) is 9.92. The van der Waals surface area contributed by atoms with E-state index >= 15 is 0 Å². The van der Waals surface area contributed by atoms with Gasteiger partial charge in [0.1, 0.15) is 12.4 Å². The molecule has 2 fully saturated rings. The van der Waals surface area contributed by atoms with E-state index in [1.54, 1.807) is 13.2 Å². The van der Waals surface area contributed by atoms with Gasteiger partial charge in [-0.05, 0) is 67.1 Å². The van der Waals surface area contributed by atoms with Crippen LogP contribution >= 0.6 is 0 Å². The second-order valence-corrected chi connectivity index (χ2v) is 8.45. The summed E-state index contributed by atoms with van der Waals surface area (Å²) in [5.74, 6) is 1.97. The Kier molecular flexibility index (Phi) is 4.70. The number of benzene rings is 1. The van der Waals surface area contributed by atoms with Gasteiger partial charge in [0.15, 0.2) is 5.75 Å². The van der Waals surface area contributed by atoms with E-state index in [4.69, 9.17) is 9.47 Å². The molecular formula is C21H27NO5. The third-order valence-corrected chi connectivity index (χ3v) is 7.26. The second kappa shape index (κ2) is 6.89. The molecule has 4 atom stereocenters. The molecule has 0 bridgehead atoms. The number of nitro benzene ring substituents is 1. The predicted octanol–water partition coefficient (Wildman–Crippen LogP) is 4.05. The topological polar surface area (TPSA) is 78.7 Å². The van der Waals surface area contributed by atoms with Crippen LogP contribution in [0, 0.1) is 27.4 Å². The van der Waals surface area contributed by atoms with Gasteiger partial charge in [-0.2, -0.15) is 0 Å². The smallest absolute Gasteiger partial charge is 0.311 e. The predicted molar refractivity (Wildman–Crippen MR) is 100 cm³/mol. The lowest BCUT2D eigenvalue weighted by atomic mass is 9.55. The molecule has 0 heterocycles. The van der Waals surface area contributed by atoms with Crippen LogP contribution in [0.1, 0.15) is 56.1 Å². The zero-order chi connectivity index (χ0) is 19.2. The van der Waals surface area contributed by atoms with E-state index in [0.717, 1.165) is 37.7 Å². The van der Waals surface area contributed by atoms with E-state index in [2.05, 4.69) is 6.92 Å². The zero-order valence-corrected chi connectivity index (χ0v) is 16.0. The zero-order valence-electron chi connectivity index (χ0n) is 16.0. The molecule has 0 spiro atoms. The number of nitro groups is 1. The van der Waals surface area contributed by atoms with Crippen LogP contribution in [0.3, 0.4) is 0 Å². The maximum Gasteiger partial charge on any atom is 0.311 e. The van der Waals surface area contributed by atoms with Crippen LogP contribution in [0.2, 0.25) is 0 Å². The SMILES string of the molecule is COCCOc1cc2c(cc1[N+](=O)[O-])C1CC[C@]3(C)C(=O)CCC3C1CC2. The van der Waals surface area contributed by atoms with Gasteiger partial charge < -0.3 is 9.47 Å². The largest absolute Gasteiger partial charge is 0.484 e. The minimum absolute atomic E-state index is 0.0429. The van der Waals surface area contributed by atoms with Gasteiger partial charge in [-0.25, -0.2) is 0 Å². The van der Waals surface area contributed by atoms with Crippen molar-refractivity contribution in [3.05, 3.63) is 33.4 Å². The Hall–Kier alpha value is -1.95. The number of methoxy groups -OCH3 is 1. The quantitative estimate of drug-likeness (QED) is 0.442. The third-order valence-electron chi connectivity index (χ3n) is 7.26. The molecule has 0 N–H and O–H groups in total. The molecule has 0 saturated heterocycles. The summed E-state index contributed by atoms with van der Waals surface area (Å²) in [4.78, 5) is 23.7. The van der Waals surface area contributed by atoms with Crippen molar-refractivity contribution in [1.82, 2.24) is 0 Å². The molecule has 3 aliphatic rings. The molecule has 1 aromatic rings. The number of hydrogen-bond acceptors (Lipinski definition) is 5. The second-order valence-electron chi connectivity index (χ2n) is 8.45. The highest BCUT2D eigenvalue weighted by atomic mass is 16.6. The fraction of sp³-hybridized carbons (Fsp3) is 0.667. The Morgan fingerprint density at radius 3 is 2.78 bits per heavy atom. The molecule has 0 aromatic heterocycles. The van der Waals surface area contributed by atoms with E-state index in [1.807, 2.05) is 6.07 Å². The van der Waals surface area contributed by atoms with Crippen LogP contribution in [0.5, 0.6) is 5.75 Å². The molecule has 4 rings (SSSR count). The number of carbonyl (C=O) groups excluding carboxylic acids is 1. The van der Waals surface area contributed by atoms with Gasteiger partial charge in [0, 0.05) is 25.0 Å². The van der Waals surface area contributed by atoms with E-state index in [9.17, 15) is 14.9 Å². The average Bonchev–Trinajstić information content (AvgIpc) is 2.96. The van der Waals surface area contributed by atoms with Crippen molar-refractivity contribution in [3.8, 4) is 5.75 Å². The number of Topliss-reactive ketones (excluding diaryl/α,β-unsaturated/α-hetero) is 1. The molecule has 2 saturated carbocycles. The maximum atomic E-state index is 12.4. The van der Waals surface area contributed by atoms with Crippen molar-refractivity contribution >= 4 is 11.5 Å². The molecule has 1 aromatic carbocycles. The monoisotopic (exact) mass is 373 g/mol. The highest BCUT2D eigenvalue weighted by molar-refractivity contribution is 5.87. The first-order valence-corrected chi connectivity index (χ1v) is 9.92. The van der Waals surface area contributed by atoms with E-state index < -0.39 is 0 Å². The number of ether oxygens (including phenoxy) is 2. The van der Waals surface area contributed by atoms with E-state index in [-0.39, 0.29) is 16.0 Å². The van der Waals surface area contributed by atoms with Crippen LogP contribution in [0.25, 0.3) is 0 Å². The van der Waals surface area contributed by atoms with Gasteiger partial charge in [0.25, 0.3) is 0 Å². The van der Waals surface area contributed by atoms with Crippen LogP contribution in [-0.4, -0.2) is 31.0 Å². The summed E-state index contributed by atoms with van der Waals surface area (Å²) in [6.07, 6.45) is 5.47. The lowest BCUT2D eigenvalue weighted by Gasteiger charge is -2.48. The van der Waals surface area contributed by atoms with E-state index in [1.165, 1.54) is 5.56 Å². The Balaban J connectivity index is 1.67. The Morgan fingerprint density at radius 1 is 1.22 bits per heavy atom. The van der Waals surface area contributed by atoms with Crippen molar-refractivity contribution < 1.29 is 19.2 Å². The minimum atomic E-state index is -0.349. The number of carbonyl (C=O) groups is 1. The highest BCUT2D eigenvalue weighted by Crippen LogP contribution is 2.60. The van der Waals surface area contributed by atoms with Crippen molar-refractivity contribution in [2.24, 2.45) is 17.3 Å². The molecule has 0 aliphatic heterocycles. The fourth-order valence-corrected chi connectivity index (χ4v) is 5.85. The molecule has 0 radical (unpaired) electrons. The molecule has 6 heteroatoms. The molecule has 146 valence electrons. The Labute approximate surface area is 159 Å². The first kappa shape index (κ1) is 18.4. The molecule has 3 unspecified atom stereocenters. The van der Waals surface area contributed by atoms with E-state index in [0.29, 0.717) is 48.9 Å². The van der Waals surface area contributed by atoms with Crippen LogP contribution < -0.4 is 4.74 Å². The number of rotatable bonds is 5. The standard InChI is InChI=1S/C21H27NO5/c1-21-8-7-14-15(17(21)5-6-20(21)23)4-3-13-11-19(27-10-9-26-2)18(22(24)25)12-16(13)14/h11-12,14-15,17H,3-10H2,1-2H3/t14?,15?,17?,21-/m0/s1. The summed E-state index contributed by atoms with van der Waals surface area (Å²) < 4.78 is 10.6. The van der Waals surface area contributed by atoms with Crippen molar-refractivity contribution in [1.29, 1.82) is 0 Å². The first-order chi connectivity index (χ1) is 13.0. The van der Waals surface area contributed by atoms with Crippen molar-refractivity contribution in [2.45, 2.75) is 51.4 Å². The number of nitrogens with zero attached hydrogens (tertiary/aromatic N) is 1. The minimum Gasteiger partial charge on any atom is -0.484 e. The summed E-state index contributed by atoms with van der Waals surface area (Å²) in [6, 6.07) is 3.61. The lowest BCUT2D eigenvalue weighted by molar-refractivity contribution is -0.386. The highest BCUT2D eigenvalue weighted by Gasteiger charge is 2.54. The summed E-state index contributed by atoms with van der Waals surface area (Å²) in [5, 5.41) is 11.6. The summed E-state index contributed by atoms with van der Waals surface area (Å²) in [6.45, 7) is 2.84. The van der Waals surface area contributed by atoms with Gasteiger partial charge in [-0.3, -0.25) is 14.9 Å². The van der Waals surface area contributed by atoms with Gasteiger partial charge in [-0.15, -0.1) is 0 Å². The van der Waals surface area contributed by atoms with Crippen molar-refractivity contribution in [2.75, 3.05) is 20.3 Å². The molecule has 27 heavy (non-hydrogen) atoms. The lowest BCUT2D eigenvalue weighted by Crippen LogP contribution is -2.42. The van der Waals surface area contributed by atoms with Crippen LogP contribution in [0.4, 0.5) is 5.69 Å². The molecule has 6 nitrogen and oxygen atoms in total.